The number of rotatable bonds is 10. The molecule has 1 saturated heterocycles. The number of amides is 2. The zero-order chi connectivity index (χ0) is 27.7. The van der Waals surface area contributed by atoms with Crippen molar-refractivity contribution >= 4 is 33.4 Å². The second-order valence-electron chi connectivity index (χ2n) is 9.57. The monoisotopic (exact) mass is 550 g/mol. The van der Waals surface area contributed by atoms with E-state index in [0.29, 0.717) is 37.2 Å². The maximum atomic E-state index is 12.6. The van der Waals surface area contributed by atoms with Crippen molar-refractivity contribution in [1.82, 2.24) is 9.62 Å². The highest BCUT2D eigenvalue weighted by Gasteiger charge is 2.23. The molecule has 0 atom stereocenters. The zero-order valence-electron chi connectivity index (χ0n) is 21.9. The highest BCUT2D eigenvalue weighted by molar-refractivity contribution is 7.88. The Morgan fingerprint density at radius 3 is 2.26 bits per heavy atom. The minimum Gasteiger partial charge on any atom is -0.446 e. The highest BCUT2D eigenvalue weighted by Crippen LogP contribution is 2.28. The van der Waals surface area contributed by atoms with E-state index in [-0.39, 0.29) is 18.6 Å². The maximum Gasteiger partial charge on any atom is 0.411 e. The normalized spacial score (nSPS) is 14.5. The molecule has 0 saturated carbocycles. The van der Waals surface area contributed by atoms with Crippen LogP contribution in [-0.4, -0.2) is 57.3 Å². The molecule has 1 heterocycles. The molecule has 3 aromatic carbocycles. The third kappa shape index (κ3) is 9.20. The van der Waals surface area contributed by atoms with Crippen LogP contribution in [0.2, 0.25) is 0 Å². The average molecular weight is 551 g/mol. The Bertz CT molecular complexity index is 1360. The van der Waals surface area contributed by atoms with E-state index >= 15 is 0 Å². The van der Waals surface area contributed by atoms with Gasteiger partial charge in [-0.05, 0) is 42.2 Å². The minimum absolute atomic E-state index is 0.0909. The molecule has 1 aliphatic rings. The van der Waals surface area contributed by atoms with Gasteiger partial charge in [0.1, 0.15) is 6.10 Å². The van der Waals surface area contributed by atoms with Gasteiger partial charge >= 0.3 is 6.09 Å². The number of hydrogen-bond donors (Lipinski definition) is 3. The SMILES string of the molecule is CS(=O)(=O)NCc1ccc(NC(=O)CCN2CCC(OC(=O)Nc3ccccc3-c3ccccc3)CC2)cc1. The lowest BCUT2D eigenvalue weighted by molar-refractivity contribution is -0.116. The number of carbonyl (C=O) groups is 2. The van der Waals surface area contributed by atoms with E-state index in [1.807, 2.05) is 54.6 Å². The summed E-state index contributed by atoms with van der Waals surface area (Å²) in [5.41, 5.74) is 4.12. The lowest BCUT2D eigenvalue weighted by Gasteiger charge is -2.31. The smallest absolute Gasteiger partial charge is 0.411 e. The molecule has 1 fully saturated rings. The number of para-hydroxylation sites is 1. The van der Waals surface area contributed by atoms with Gasteiger partial charge in [-0.25, -0.2) is 17.9 Å². The number of hydrogen-bond acceptors (Lipinski definition) is 6. The van der Waals surface area contributed by atoms with Gasteiger partial charge in [-0.2, -0.15) is 0 Å². The predicted octanol–water partition coefficient (Wildman–Crippen LogP) is 4.44. The summed E-state index contributed by atoms with van der Waals surface area (Å²) in [6, 6.07) is 24.6. The lowest BCUT2D eigenvalue weighted by Crippen LogP contribution is -2.39. The Labute approximate surface area is 229 Å². The molecule has 1 aliphatic heterocycles. The summed E-state index contributed by atoms with van der Waals surface area (Å²) in [7, 11) is -3.26. The van der Waals surface area contributed by atoms with Crippen molar-refractivity contribution in [3.8, 4) is 11.1 Å². The first-order valence-electron chi connectivity index (χ1n) is 12.9. The molecular formula is C29H34N4O5S. The molecule has 206 valence electrons. The summed E-state index contributed by atoms with van der Waals surface area (Å²) in [6.45, 7) is 2.31. The largest absolute Gasteiger partial charge is 0.446 e. The van der Waals surface area contributed by atoms with Crippen LogP contribution in [0.1, 0.15) is 24.8 Å². The zero-order valence-corrected chi connectivity index (χ0v) is 22.7. The van der Waals surface area contributed by atoms with Gasteiger partial charge in [0.25, 0.3) is 0 Å². The number of nitrogens with zero attached hydrogens (tertiary/aromatic N) is 1. The van der Waals surface area contributed by atoms with Gasteiger partial charge in [-0.3, -0.25) is 10.1 Å². The van der Waals surface area contributed by atoms with E-state index in [1.165, 1.54) is 0 Å². The fourth-order valence-electron chi connectivity index (χ4n) is 4.41. The summed E-state index contributed by atoms with van der Waals surface area (Å²) in [5, 5.41) is 5.76. The number of nitrogens with one attached hydrogen (secondary N) is 3. The van der Waals surface area contributed by atoms with Crippen LogP contribution in [0.25, 0.3) is 11.1 Å². The Morgan fingerprint density at radius 2 is 1.56 bits per heavy atom. The quantitative estimate of drug-likeness (QED) is 0.344. The van der Waals surface area contributed by atoms with Crippen molar-refractivity contribution < 1.29 is 22.7 Å². The fourth-order valence-corrected chi connectivity index (χ4v) is 4.84. The highest BCUT2D eigenvalue weighted by atomic mass is 32.2. The predicted molar refractivity (Wildman–Crippen MR) is 153 cm³/mol. The third-order valence-electron chi connectivity index (χ3n) is 6.49. The van der Waals surface area contributed by atoms with Crippen molar-refractivity contribution in [2.24, 2.45) is 0 Å². The Kier molecular flexibility index (Phi) is 9.69. The Morgan fingerprint density at radius 1 is 0.897 bits per heavy atom. The standard InChI is InChI=1S/C29H34N4O5S/c1-39(36,37)30-21-22-11-13-24(14-12-22)31-28(34)17-20-33-18-15-25(16-19-33)38-29(35)32-27-10-6-5-9-26(27)23-7-3-2-4-8-23/h2-14,25,30H,15-21H2,1H3,(H,31,34)(H,32,35). The molecule has 10 heteroatoms. The molecule has 4 rings (SSSR count). The number of benzene rings is 3. The summed E-state index contributed by atoms with van der Waals surface area (Å²) >= 11 is 0. The summed E-state index contributed by atoms with van der Waals surface area (Å²) < 4.78 is 30.5. The van der Waals surface area contributed by atoms with E-state index in [1.54, 1.807) is 24.3 Å². The Balaban J connectivity index is 1.16. The van der Waals surface area contributed by atoms with E-state index in [2.05, 4.69) is 20.3 Å². The first kappa shape index (κ1) is 28.3. The molecule has 0 aromatic heterocycles. The second kappa shape index (κ2) is 13.4. The van der Waals surface area contributed by atoms with Gasteiger partial charge in [0.2, 0.25) is 15.9 Å². The van der Waals surface area contributed by atoms with Crippen molar-refractivity contribution in [3.05, 3.63) is 84.4 Å². The Hall–Kier alpha value is -3.73. The topological polar surface area (TPSA) is 117 Å². The first-order valence-corrected chi connectivity index (χ1v) is 14.8. The molecule has 0 aliphatic carbocycles. The van der Waals surface area contributed by atoms with Crippen molar-refractivity contribution in [2.75, 3.05) is 36.5 Å². The molecule has 0 bridgehead atoms. The summed E-state index contributed by atoms with van der Waals surface area (Å²) in [5.74, 6) is -0.0909. The lowest BCUT2D eigenvalue weighted by atomic mass is 10.0. The number of piperidine rings is 1. The number of carbonyl (C=O) groups excluding carboxylic acids is 2. The average Bonchev–Trinajstić information content (AvgIpc) is 2.93. The van der Waals surface area contributed by atoms with Crippen LogP contribution in [0.15, 0.2) is 78.9 Å². The summed E-state index contributed by atoms with van der Waals surface area (Å²) in [4.78, 5) is 27.2. The van der Waals surface area contributed by atoms with E-state index in [0.717, 1.165) is 36.0 Å². The van der Waals surface area contributed by atoms with Crippen LogP contribution in [0.3, 0.4) is 0 Å². The molecule has 3 N–H and O–H groups in total. The van der Waals surface area contributed by atoms with Crippen LogP contribution in [0.5, 0.6) is 0 Å². The van der Waals surface area contributed by atoms with Crippen molar-refractivity contribution in [3.63, 3.8) is 0 Å². The minimum atomic E-state index is -3.26. The molecule has 2 amide bonds. The molecule has 0 radical (unpaired) electrons. The summed E-state index contributed by atoms with van der Waals surface area (Å²) in [6.07, 6.45) is 2.24. The molecule has 3 aromatic rings. The van der Waals surface area contributed by atoms with Gasteiger partial charge in [0.05, 0.1) is 11.9 Å². The third-order valence-corrected chi connectivity index (χ3v) is 7.16. The van der Waals surface area contributed by atoms with Crippen molar-refractivity contribution in [2.45, 2.75) is 31.9 Å². The van der Waals surface area contributed by atoms with E-state index in [4.69, 9.17) is 4.74 Å². The van der Waals surface area contributed by atoms with Crippen molar-refractivity contribution in [1.29, 1.82) is 0 Å². The van der Waals surface area contributed by atoms with E-state index < -0.39 is 16.1 Å². The number of sulfonamides is 1. The molecular weight excluding hydrogens is 516 g/mol. The van der Waals surface area contributed by atoms with Crippen LogP contribution in [0, 0.1) is 0 Å². The van der Waals surface area contributed by atoms with Crippen LogP contribution in [0.4, 0.5) is 16.2 Å². The molecule has 39 heavy (non-hydrogen) atoms. The number of likely N-dealkylation sites (tertiary alicyclic amines) is 1. The fraction of sp³-hybridized carbons (Fsp3) is 0.310. The number of anilines is 2. The van der Waals surface area contributed by atoms with Crippen LogP contribution < -0.4 is 15.4 Å². The maximum absolute atomic E-state index is 12.6. The number of ether oxygens (including phenoxy) is 1. The van der Waals surface area contributed by atoms with Gasteiger partial charge in [-0.1, -0.05) is 60.7 Å². The van der Waals surface area contributed by atoms with Gasteiger partial charge in [0.15, 0.2) is 0 Å². The van der Waals surface area contributed by atoms with Gasteiger partial charge in [-0.15, -0.1) is 0 Å². The molecule has 0 spiro atoms. The van der Waals surface area contributed by atoms with E-state index in [9.17, 15) is 18.0 Å². The first-order chi connectivity index (χ1) is 18.7. The van der Waals surface area contributed by atoms with Gasteiger partial charge < -0.3 is 15.0 Å². The molecule has 9 nitrogen and oxygen atoms in total. The van der Waals surface area contributed by atoms with Crippen LogP contribution in [-0.2, 0) is 26.1 Å². The van der Waals surface area contributed by atoms with Gasteiger partial charge in [0, 0.05) is 43.9 Å². The van der Waals surface area contributed by atoms with Crippen LogP contribution >= 0.6 is 0 Å². The molecule has 0 unspecified atom stereocenters. The second-order valence-corrected chi connectivity index (χ2v) is 11.4.